The van der Waals surface area contributed by atoms with Crippen LogP contribution < -0.4 is 5.32 Å². The van der Waals surface area contributed by atoms with Crippen molar-refractivity contribution in [3.05, 3.63) is 83.9 Å². The van der Waals surface area contributed by atoms with Crippen LogP contribution in [0.4, 0.5) is 4.39 Å². The molecule has 3 rings (SSSR count). The predicted octanol–water partition coefficient (Wildman–Crippen LogP) is 3.29. The van der Waals surface area contributed by atoms with Gasteiger partial charge in [0.05, 0.1) is 0 Å². The summed E-state index contributed by atoms with van der Waals surface area (Å²) < 4.78 is 12.9. The highest BCUT2D eigenvalue weighted by atomic mass is 19.1. The number of para-hydroxylation sites is 1. The van der Waals surface area contributed by atoms with Crippen molar-refractivity contribution in [2.75, 3.05) is 0 Å². The summed E-state index contributed by atoms with van der Waals surface area (Å²) in [5.41, 5.74) is 2.14. The van der Waals surface area contributed by atoms with Gasteiger partial charge in [-0.1, -0.05) is 18.2 Å². The third-order valence-corrected chi connectivity index (χ3v) is 4.06. The highest BCUT2D eigenvalue weighted by Crippen LogP contribution is 2.19. The second-order valence-corrected chi connectivity index (χ2v) is 5.83. The van der Waals surface area contributed by atoms with Crippen molar-refractivity contribution in [1.29, 1.82) is 0 Å². The first-order chi connectivity index (χ1) is 12.5. The minimum atomic E-state index is -1.02. The molecule has 0 radical (unpaired) electrons. The third kappa shape index (κ3) is 3.97. The third-order valence-electron chi connectivity index (χ3n) is 4.06. The Hall–Kier alpha value is -3.41. The molecule has 0 amide bonds. The van der Waals surface area contributed by atoms with Gasteiger partial charge in [0.1, 0.15) is 11.9 Å². The molecular formula is C20H17FN2O3. The minimum absolute atomic E-state index is 0.258. The summed E-state index contributed by atoms with van der Waals surface area (Å²) in [7, 11) is 0. The maximum absolute atomic E-state index is 12.9. The van der Waals surface area contributed by atoms with Gasteiger partial charge in [0, 0.05) is 41.4 Å². The van der Waals surface area contributed by atoms with Crippen LogP contribution in [0.1, 0.15) is 15.9 Å². The molecule has 26 heavy (non-hydrogen) atoms. The first kappa shape index (κ1) is 17.4. The molecule has 2 aromatic carbocycles. The van der Waals surface area contributed by atoms with E-state index in [4.69, 9.17) is 0 Å². The number of carbonyl (C=O) groups excluding carboxylic acids is 1. The molecule has 0 fully saturated rings. The van der Waals surface area contributed by atoms with Crippen LogP contribution in [-0.4, -0.2) is 27.9 Å². The molecule has 0 aliphatic heterocycles. The van der Waals surface area contributed by atoms with Crippen LogP contribution >= 0.6 is 0 Å². The lowest BCUT2D eigenvalue weighted by atomic mass is 10.1. The SMILES string of the molecule is O=C(/C=C/NC(Cc1c[nH]c2ccccc12)C(=O)O)c1ccc(F)cc1. The molecule has 1 aromatic heterocycles. The smallest absolute Gasteiger partial charge is 0.326 e. The van der Waals surface area contributed by atoms with Crippen LogP contribution in [0.25, 0.3) is 10.9 Å². The number of ketones is 1. The van der Waals surface area contributed by atoms with Gasteiger partial charge in [-0.3, -0.25) is 4.79 Å². The number of carboxylic acid groups (broad SMARTS) is 1. The van der Waals surface area contributed by atoms with E-state index in [1.54, 1.807) is 6.20 Å². The molecule has 3 N–H and O–H groups in total. The van der Waals surface area contributed by atoms with Crippen molar-refractivity contribution in [2.24, 2.45) is 0 Å². The van der Waals surface area contributed by atoms with Crippen LogP contribution in [0.15, 0.2) is 67.0 Å². The molecule has 5 nitrogen and oxygen atoms in total. The van der Waals surface area contributed by atoms with Crippen LogP contribution in [0.2, 0.25) is 0 Å². The number of carbonyl (C=O) groups is 2. The van der Waals surface area contributed by atoms with E-state index in [1.807, 2.05) is 24.3 Å². The maximum atomic E-state index is 12.9. The van der Waals surface area contributed by atoms with Gasteiger partial charge in [0.15, 0.2) is 5.78 Å². The standard InChI is InChI=1S/C20H17FN2O3/c21-15-7-5-13(6-8-15)19(24)9-10-22-18(20(25)26)11-14-12-23-17-4-2-1-3-16(14)17/h1-10,12,18,22-23H,11H2,(H,25,26)/b10-9+. The van der Waals surface area contributed by atoms with Gasteiger partial charge in [-0.05, 0) is 35.9 Å². The van der Waals surface area contributed by atoms with Gasteiger partial charge < -0.3 is 15.4 Å². The average Bonchev–Trinajstić information content (AvgIpc) is 3.04. The van der Waals surface area contributed by atoms with Crippen LogP contribution in [0.5, 0.6) is 0 Å². The lowest BCUT2D eigenvalue weighted by Gasteiger charge is -2.12. The first-order valence-electron chi connectivity index (χ1n) is 8.05. The Balaban J connectivity index is 1.68. The normalized spacial score (nSPS) is 12.3. The predicted molar refractivity (Wildman–Crippen MR) is 96.4 cm³/mol. The van der Waals surface area contributed by atoms with Crippen molar-refractivity contribution in [1.82, 2.24) is 10.3 Å². The molecule has 0 saturated heterocycles. The van der Waals surface area contributed by atoms with Gasteiger partial charge in [0.25, 0.3) is 0 Å². The van der Waals surface area contributed by atoms with Crippen molar-refractivity contribution in [2.45, 2.75) is 12.5 Å². The first-order valence-corrected chi connectivity index (χ1v) is 8.05. The largest absolute Gasteiger partial charge is 0.480 e. The number of nitrogens with one attached hydrogen (secondary N) is 2. The molecule has 0 aliphatic rings. The Labute approximate surface area is 149 Å². The molecule has 0 spiro atoms. The molecule has 0 bridgehead atoms. The molecule has 1 atom stereocenters. The monoisotopic (exact) mass is 352 g/mol. The van der Waals surface area contributed by atoms with E-state index in [2.05, 4.69) is 10.3 Å². The molecule has 0 aliphatic carbocycles. The zero-order valence-corrected chi connectivity index (χ0v) is 13.8. The summed E-state index contributed by atoms with van der Waals surface area (Å²) in [4.78, 5) is 26.6. The summed E-state index contributed by atoms with van der Waals surface area (Å²) in [5, 5.41) is 13.1. The van der Waals surface area contributed by atoms with E-state index >= 15 is 0 Å². The number of benzene rings is 2. The van der Waals surface area contributed by atoms with Crippen LogP contribution in [-0.2, 0) is 11.2 Å². The maximum Gasteiger partial charge on any atom is 0.326 e. The highest BCUT2D eigenvalue weighted by Gasteiger charge is 2.18. The van der Waals surface area contributed by atoms with Crippen molar-refractivity contribution >= 4 is 22.7 Å². The molecule has 6 heteroatoms. The van der Waals surface area contributed by atoms with Crippen LogP contribution in [0.3, 0.4) is 0 Å². The number of halogens is 1. The molecular weight excluding hydrogens is 335 g/mol. The minimum Gasteiger partial charge on any atom is -0.480 e. The van der Waals surface area contributed by atoms with E-state index in [0.29, 0.717) is 5.56 Å². The highest BCUT2D eigenvalue weighted by molar-refractivity contribution is 6.04. The van der Waals surface area contributed by atoms with Gasteiger partial charge in [-0.15, -0.1) is 0 Å². The average molecular weight is 352 g/mol. The Morgan fingerprint density at radius 2 is 1.88 bits per heavy atom. The Morgan fingerprint density at radius 3 is 2.62 bits per heavy atom. The number of rotatable bonds is 7. The molecule has 1 unspecified atom stereocenters. The number of aliphatic carboxylic acids is 1. The van der Waals surface area contributed by atoms with E-state index in [0.717, 1.165) is 16.5 Å². The number of fused-ring (bicyclic) bond motifs is 1. The molecule has 3 aromatic rings. The zero-order valence-electron chi connectivity index (χ0n) is 13.8. The summed E-state index contributed by atoms with van der Waals surface area (Å²) in [6, 6.07) is 11.9. The number of carboxylic acids is 1. The van der Waals surface area contributed by atoms with Crippen molar-refractivity contribution < 1.29 is 19.1 Å². The Kier molecular flexibility index (Phi) is 5.12. The van der Waals surface area contributed by atoms with E-state index in [9.17, 15) is 19.1 Å². The fraction of sp³-hybridized carbons (Fsp3) is 0.100. The molecule has 132 valence electrons. The number of H-pyrrole nitrogens is 1. The van der Waals surface area contributed by atoms with Crippen LogP contribution in [0, 0.1) is 5.82 Å². The topological polar surface area (TPSA) is 82.2 Å². The second kappa shape index (κ2) is 7.65. The van der Waals surface area contributed by atoms with Gasteiger partial charge in [0.2, 0.25) is 0 Å². The Morgan fingerprint density at radius 1 is 1.15 bits per heavy atom. The summed E-state index contributed by atoms with van der Waals surface area (Å²) in [6.45, 7) is 0. The van der Waals surface area contributed by atoms with E-state index < -0.39 is 17.8 Å². The summed E-state index contributed by atoms with van der Waals surface area (Å²) in [5.74, 6) is -1.78. The number of aromatic nitrogens is 1. The quantitative estimate of drug-likeness (QED) is 0.450. The van der Waals surface area contributed by atoms with Crippen molar-refractivity contribution in [3.8, 4) is 0 Å². The lowest BCUT2D eigenvalue weighted by Crippen LogP contribution is -2.35. The van der Waals surface area contributed by atoms with E-state index in [1.165, 1.54) is 36.5 Å². The summed E-state index contributed by atoms with van der Waals surface area (Å²) in [6.07, 6.45) is 4.60. The zero-order chi connectivity index (χ0) is 18.5. The van der Waals surface area contributed by atoms with Gasteiger partial charge in [-0.25, -0.2) is 9.18 Å². The number of hydrogen-bond donors (Lipinski definition) is 3. The second-order valence-electron chi connectivity index (χ2n) is 5.83. The number of allylic oxidation sites excluding steroid dienone is 1. The molecule has 0 saturated carbocycles. The number of hydrogen-bond acceptors (Lipinski definition) is 3. The molecule has 1 heterocycles. The van der Waals surface area contributed by atoms with Gasteiger partial charge in [-0.2, -0.15) is 0 Å². The van der Waals surface area contributed by atoms with E-state index in [-0.39, 0.29) is 12.2 Å². The fourth-order valence-electron chi connectivity index (χ4n) is 2.69. The summed E-state index contributed by atoms with van der Waals surface area (Å²) >= 11 is 0. The van der Waals surface area contributed by atoms with Gasteiger partial charge >= 0.3 is 5.97 Å². The Bertz CT molecular complexity index is 961. The van der Waals surface area contributed by atoms with Crippen molar-refractivity contribution in [3.63, 3.8) is 0 Å². The lowest BCUT2D eigenvalue weighted by molar-refractivity contribution is -0.139. The fourth-order valence-corrected chi connectivity index (χ4v) is 2.69. The number of aromatic amines is 1.